The molecule has 1 aliphatic rings. The normalized spacial score (nSPS) is 17.1. The lowest BCUT2D eigenvalue weighted by Crippen LogP contribution is -2.41. The second kappa shape index (κ2) is 5.14. The van der Waals surface area contributed by atoms with Crippen LogP contribution in [-0.2, 0) is 0 Å². The van der Waals surface area contributed by atoms with Crippen molar-refractivity contribution >= 4 is 34.5 Å². The van der Waals surface area contributed by atoms with Gasteiger partial charge in [-0.2, -0.15) is 0 Å². The molecule has 2 N–H and O–H groups in total. The lowest BCUT2D eigenvalue weighted by atomic mass is 9.97. The number of thiocarbonyl (C=S) groups is 1. The number of piperidine rings is 1. The quantitative estimate of drug-likeness (QED) is 0.836. The SMILES string of the molecule is Cc1ccc(C(=O)N2CCC(C(N)=S)CC2)s1. The van der Waals surface area contributed by atoms with E-state index in [9.17, 15) is 4.79 Å². The first kappa shape index (κ1) is 12.5. The molecule has 0 bridgehead atoms. The highest BCUT2D eigenvalue weighted by Gasteiger charge is 2.25. The Morgan fingerprint density at radius 1 is 1.47 bits per heavy atom. The number of amides is 1. The van der Waals surface area contributed by atoms with E-state index in [0.29, 0.717) is 10.9 Å². The number of carbonyl (C=O) groups is 1. The Balaban J connectivity index is 1.97. The van der Waals surface area contributed by atoms with Crippen molar-refractivity contribution in [2.24, 2.45) is 11.7 Å². The van der Waals surface area contributed by atoms with E-state index in [-0.39, 0.29) is 5.91 Å². The van der Waals surface area contributed by atoms with Crippen molar-refractivity contribution in [3.05, 3.63) is 21.9 Å². The third kappa shape index (κ3) is 2.84. The van der Waals surface area contributed by atoms with Gasteiger partial charge in [-0.1, -0.05) is 12.2 Å². The van der Waals surface area contributed by atoms with Gasteiger partial charge in [-0.05, 0) is 31.9 Å². The fourth-order valence-corrected chi connectivity index (χ4v) is 3.14. The van der Waals surface area contributed by atoms with Crippen LogP contribution in [0.3, 0.4) is 0 Å². The molecule has 0 radical (unpaired) electrons. The molecule has 3 nitrogen and oxygen atoms in total. The summed E-state index contributed by atoms with van der Waals surface area (Å²) in [7, 11) is 0. The molecule has 92 valence electrons. The Labute approximate surface area is 111 Å². The van der Waals surface area contributed by atoms with Crippen LogP contribution in [0.1, 0.15) is 27.4 Å². The molecule has 1 saturated heterocycles. The zero-order chi connectivity index (χ0) is 12.4. The first-order chi connectivity index (χ1) is 8.08. The van der Waals surface area contributed by atoms with Crippen LogP contribution in [0.4, 0.5) is 0 Å². The van der Waals surface area contributed by atoms with Gasteiger partial charge in [0.1, 0.15) is 0 Å². The molecule has 17 heavy (non-hydrogen) atoms. The van der Waals surface area contributed by atoms with E-state index in [2.05, 4.69) is 0 Å². The molecule has 1 aromatic heterocycles. The lowest BCUT2D eigenvalue weighted by molar-refractivity contribution is 0.0715. The summed E-state index contributed by atoms with van der Waals surface area (Å²) in [6.45, 7) is 3.54. The number of nitrogens with two attached hydrogens (primary N) is 1. The molecule has 1 aromatic rings. The number of aryl methyl sites for hydroxylation is 1. The molecule has 0 aliphatic carbocycles. The van der Waals surface area contributed by atoms with E-state index in [1.807, 2.05) is 24.0 Å². The minimum absolute atomic E-state index is 0.143. The average Bonchev–Trinajstić information content (AvgIpc) is 2.75. The van der Waals surface area contributed by atoms with Gasteiger partial charge < -0.3 is 10.6 Å². The van der Waals surface area contributed by atoms with Crippen molar-refractivity contribution in [1.82, 2.24) is 4.90 Å². The van der Waals surface area contributed by atoms with Crippen LogP contribution in [0.2, 0.25) is 0 Å². The van der Waals surface area contributed by atoms with Crippen LogP contribution >= 0.6 is 23.6 Å². The fourth-order valence-electron chi connectivity index (χ4n) is 2.07. The Kier molecular flexibility index (Phi) is 3.79. The zero-order valence-electron chi connectivity index (χ0n) is 9.81. The first-order valence-corrected chi connectivity index (χ1v) is 6.95. The summed E-state index contributed by atoms with van der Waals surface area (Å²) in [6, 6.07) is 3.89. The number of nitrogens with zero attached hydrogens (tertiary/aromatic N) is 1. The number of hydrogen-bond acceptors (Lipinski definition) is 3. The van der Waals surface area contributed by atoms with Gasteiger partial charge in [-0.3, -0.25) is 4.79 Å². The highest BCUT2D eigenvalue weighted by molar-refractivity contribution is 7.80. The number of hydrogen-bond donors (Lipinski definition) is 1. The molecule has 1 amide bonds. The Hall–Kier alpha value is -0.940. The van der Waals surface area contributed by atoms with Gasteiger partial charge in [0.2, 0.25) is 0 Å². The van der Waals surface area contributed by atoms with Gasteiger partial charge in [-0.25, -0.2) is 0 Å². The van der Waals surface area contributed by atoms with Gasteiger partial charge in [0.25, 0.3) is 5.91 Å². The van der Waals surface area contributed by atoms with Crippen molar-refractivity contribution in [2.75, 3.05) is 13.1 Å². The standard InChI is InChI=1S/C12H16N2OS2/c1-8-2-3-10(17-8)12(15)14-6-4-9(5-7-14)11(13)16/h2-3,9H,4-7H2,1H3,(H2,13,16). The van der Waals surface area contributed by atoms with Crippen LogP contribution in [0.25, 0.3) is 0 Å². The maximum atomic E-state index is 12.2. The van der Waals surface area contributed by atoms with E-state index in [1.165, 1.54) is 4.88 Å². The molecule has 1 aliphatic heterocycles. The lowest BCUT2D eigenvalue weighted by Gasteiger charge is -2.31. The summed E-state index contributed by atoms with van der Waals surface area (Å²) in [5, 5.41) is 0. The van der Waals surface area contributed by atoms with Crippen molar-refractivity contribution in [2.45, 2.75) is 19.8 Å². The third-order valence-corrected chi connectivity index (χ3v) is 4.46. The highest BCUT2D eigenvalue weighted by Crippen LogP contribution is 2.22. The molecular formula is C12H16N2OS2. The van der Waals surface area contributed by atoms with E-state index in [4.69, 9.17) is 18.0 Å². The van der Waals surface area contributed by atoms with Crippen LogP contribution in [0.5, 0.6) is 0 Å². The first-order valence-electron chi connectivity index (χ1n) is 5.73. The van der Waals surface area contributed by atoms with E-state index >= 15 is 0 Å². The van der Waals surface area contributed by atoms with Crippen LogP contribution < -0.4 is 5.73 Å². The van der Waals surface area contributed by atoms with Crippen molar-refractivity contribution in [1.29, 1.82) is 0 Å². The Bertz CT molecular complexity index is 433. The molecule has 2 rings (SSSR count). The molecule has 0 saturated carbocycles. The number of thiophene rings is 1. The van der Waals surface area contributed by atoms with Gasteiger partial charge in [0, 0.05) is 23.9 Å². The van der Waals surface area contributed by atoms with Gasteiger partial charge in [-0.15, -0.1) is 11.3 Å². The van der Waals surface area contributed by atoms with Gasteiger partial charge in [0.15, 0.2) is 0 Å². The molecular weight excluding hydrogens is 252 g/mol. The van der Waals surface area contributed by atoms with Crippen LogP contribution in [0, 0.1) is 12.8 Å². The number of rotatable bonds is 2. The van der Waals surface area contributed by atoms with Crippen molar-refractivity contribution in [3.63, 3.8) is 0 Å². The van der Waals surface area contributed by atoms with Crippen molar-refractivity contribution in [3.8, 4) is 0 Å². The van der Waals surface area contributed by atoms with Gasteiger partial charge in [0.05, 0.1) is 9.87 Å². The predicted molar refractivity (Wildman–Crippen MR) is 74.5 cm³/mol. The van der Waals surface area contributed by atoms with Crippen molar-refractivity contribution < 1.29 is 4.79 Å². The molecule has 5 heteroatoms. The second-order valence-corrected chi connectivity index (χ2v) is 6.14. The maximum absolute atomic E-state index is 12.2. The summed E-state index contributed by atoms with van der Waals surface area (Å²) >= 11 is 6.55. The van der Waals surface area contributed by atoms with Gasteiger partial charge >= 0.3 is 0 Å². The monoisotopic (exact) mass is 268 g/mol. The van der Waals surface area contributed by atoms with E-state index in [1.54, 1.807) is 11.3 Å². The topological polar surface area (TPSA) is 46.3 Å². The molecule has 0 unspecified atom stereocenters. The zero-order valence-corrected chi connectivity index (χ0v) is 11.4. The third-order valence-electron chi connectivity index (χ3n) is 3.14. The summed E-state index contributed by atoms with van der Waals surface area (Å²) in [5.74, 6) is 0.448. The summed E-state index contributed by atoms with van der Waals surface area (Å²) in [6.07, 6.45) is 1.79. The highest BCUT2D eigenvalue weighted by atomic mass is 32.1. The second-order valence-electron chi connectivity index (χ2n) is 4.38. The minimum Gasteiger partial charge on any atom is -0.393 e. The van der Waals surface area contributed by atoms with E-state index < -0.39 is 0 Å². The molecule has 0 aromatic carbocycles. The Morgan fingerprint density at radius 3 is 2.59 bits per heavy atom. The summed E-state index contributed by atoms with van der Waals surface area (Å²) in [5.41, 5.74) is 5.63. The molecule has 0 spiro atoms. The predicted octanol–water partition coefficient (Wildman–Crippen LogP) is 2.19. The molecule has 1 fully saturated rings. The minimum atomic E-state index is 0.143. The summed E-state index contributed by atoms with van der Waals surface area (Å²) < 4.78 is 0. The largest absolute Gasteiger partial charge is 0.393 e. The van der Waals surface area contributed by atoms with Crippen LogP contribution in [0.15, 0.2) is 12.1 Å². The maximum Gasteiger partial charge on any atom is 0.263 e. The average molecular weight is 268 g/mol. The fraction of sp³-hybridized carbons (Fsp3) is 0.500. The van der Waals surface area contributed by atoms with E-state index in [0.717, 1.165) is 30.8 Å². The van der Waals surface area contributed by atoms with Crippen LogP contribution in [-0.4, -0.2) is 28.9 Å². The molecule has 0 atom stereocenters. The number of carbonyl (C=O) groups excluding carboxylic acids is 1. The number of likely N-dealkylation sites (tertiary alicyclic amines) is 1. The summed E-state index contributed by atoms with van der Waals surface area (Å²) in [4.78, 5) is 16.7. The Morgan fingerprint density at radius 2 is 2.12 bits per heavy atom. The molecule has 2 heterocycles. The smallest absolute Gasteiger partial charge is 0.263 e.